The molecule has 2 aliphatic rings. The van der Waals surface area contributed by atoms with E-state index in [1.807, 2.05) is 4.90 Å². The Bertz CT molecular complexity index is 440. The van der Waals surface area contributed by atoms with E-state index < -0.39 is 0 Å². The predicted molar refractivity (Wildman–Crippen MR) is 66.6 cm³/mol. The van der Waals surface area contributed by atoms with Gasteiger partial charge in [-0.3, -0.25) is 4.79 Å². The number of aromatic amines is 1. The predicted octanol–water partition coefficient (Wildman–Crippen LogP) is 1.76. The number of nitrogens with one attached hydrogen (secondary N) is 2. The van der Waals surface area contributed by atoms with Crippen LogP contribution in [0.2, 0.25) is 10.2 Å². The Balaban J connectivity index is 1.82. The van der Waals surface area contributed by atoms with E-state index in [0.717, 1.165) is 26.1 Å². The lowest BCUT2D eigenvalue weighted by Gasteiger charge is -2.22. The average molecular weight is 274 g/mol. The Hall–Kier alpha value is -0.710. The zero-order valence-electron chi connectivity index (χ0n) is 9.17. The van der Waals surface area contributed by atoms with Crippen molar-refractivity contribution < 1.29 is 4.79 Å². The molecule has 92 valence electrons. The summed E-state index contributed by atoms with van der Waals surface area (Å²) in [5.41, 5.74) is 0.479. The molecular formula is C11H13Cl2N3O. The van der Waals surface area contributed by atoms with Crippen LogP contribution in [0.25, 0.3) is 0 Å². The van der Waals surface area contributed by atoms with Gasteiger partial charge in [-0.15, -0.1) is 0 Å². The van der Waals surface area contributed by atoms with Gasteiger partial charge in [-0.05, 0) is 18.4 Å². The van der Waals surface area contributed by atoms with Crippen LogP contribution in [0.15, 0.2) is 6.07 Å². The molecular weight excluding hydrogens is 261 g/mol. The molecule has 2 saturated heterocycles. The lowest BCUT2D eigenvalue weighted by Crippen LogP contribution is -2.39. The van der Waals surface area contributed by atoms with Gasteiger partial charge in [0, 0.05) is 25.7 Å². The molecule has 0 unspecified atom stereocenters. The van der Waals surface area contributed by atoms with Gasteiger partial charge >= 0.3 is 0 Å². The van der Waals surface area contributed by atoms with Gasteiger partial charge in [0.2, 0.25) is 0 Å². The molecule has 3 heterocycles. The lowest BCUT2D eigenvalue weighted by atomic mass is 10.1. The molecule has 2 aliphatic heterocycles. The standard InChI is InChI=1S/C11H13Cl2N3O/c12-7-3-8(15-10(7)13)11(17)16-2-1-6-4-14-5-9(6)16/h3,6,9,14-15H,1-2,4-5H2/t6-,9+/m0/s1. The van der Waals surface area contributed by atoms with E-state index in [9.17, 15) is 4.79 Å². The van der Waals surface area contributed by atoms with Crippen LogP contribution >= 0.6 is 23.2 Å². The largest absolute Gasteiger partial charge is 0.340 e. The fourth-order valence-corrected chi connectivity index (χ4v) is 3.09. The number of fused-ring (bicyclic) bond motifs is 1. The van der Waals surface area contributed by atoms with Gasteiger partial charge < -0.3 is 15.2 Å². The number of halogens is 2. The van der Waals surface area contributed by atoms with Crippen LogP contribution in [0.5, 0.6) is 0 Å². The van der Waals surface area contributed by atoms with Crippen molar-refractivity contribution in [2.75, 3.05) is 19.6 Å². The highest BCUT2D eigenvalue weighted by molar-refractivity contribution is 6.41. The van der Waals surface area contributed by atoms with Crippen molar-refractivity contribution in [1.29, 1.82) is 0 Å². The number of likely N-dealkylation sites (tertiary alicyclic amines) is 1. The van der Waals surface area contributed by atoms with Crippen LogP contribution in [0.4, 0.5) is 0 Å². The maximum absolute atomic E-state index is 12.3. The normalized spacial score (nSPS) is 27.5. The zero-order chi connectivity index (χ0) is 12.0. The van der Waals surface area contributed by atoms with E-state index in [4.69, 9.17) is 23.2 Å². The molecule has 2 fully saturated rings. The summed E-state index contributed by atoms with van der Waals surface area (Å²) >= 11 is 11.7. The summed E-state index contributed by atoms with van der Waals surface area (Å²) in [5, 5.41) is 4.05. The van der Waals surface area contributed by atoms with Crippen LogP contribution in [-0.2, 0) is 0 Å². The Morgan fingerprint density at radius 2 is 2.24 bits per heavy atom. The van der Waals surface area contributed by atoms with Gasteiger partial charge in [0.25, 0.3) is 5.91 Å². The molecule has 0 radical (unpaired) electrons. The van der Waals surface area contributed by atoms with E-state index in [2.05, 4.69) is 10.3 Å². The smallest absolute Gasteiger partial charge is 0.270 e. The number of hydrogen-bond acceptors (Lipinski definition) is 2. The second kappa shape index (κ2) is 4.19. The number of rotatable bonds is 1. The summed E-state index contributed by atoms with van der Waals surface area (Å²) in [6, 6.07) is 1.92. The van der Waals surface area contributed by atoms with E-state index in [1.54, 1.807) is 6.07 Å². The van der Waals surface area contributed by atoms with Crippen LogP contribution in [-0.4, -0.2) is 41.5 Å². The van der Waals surface area contributed by atoms with Gasteiger partial charge in [0.15, 0.2) is 0 Å². The van der Waals surface area contributed by atoms with Crippen LogP contribution < -0.4 is 5.32 Å². The first-order valence-corrected chi connectivity index (χ1v) is 6.48. The maximum atomic E-state index is 12.3. The number of nitrogens with zero attached hydrogens (tertiary/aromatic N) is 1. The van der Waals surface area contributed by atoms with E-state index in [1.165, 1.54) is 0 Å². The Kier molecular flexibility index (Phi) is 2.81. The van der Waals surface area contributed by atoms with Crippen molar-refractivity contribution >= 4 is 29.1 Å². The first-order valence-electron chi connectivity index (χ1n) is 5.72. The third kappa shape index (κ3) is 1.84. The fraction of sp³-hybridized carbons (Fsp3) is 0.545. The second-order valence-corrected chi connectivity index (χ2v) is 5.40. The number of aromatic nitrogens is 1. The van der Waals surface area contributed by atoms with Gasteiger partial charge in [0.1, 0.15) is 10.8 Å². The molecule has 6 heteroatoms. The molecule has 4 nitrogen and oxygen atoms in total. The van der Waals surface area contributed by atoms with Gasteiger partial charge in [0.05, 0.1) is 5.02 Å². The first-order chi connectivity index (χ1) is 8.16. The molecule has 2 N–H and O–H groups in total. The molecule has 17 heavy (non-hydrogen) atoms. The van der Waals surface area contributed by atoms with Crippen molar-refractivity contribution in [3.63, 3.8) is 0 Å². The Labute approximate surface area is 109 Å². The lowest BCUT2D eigenvalue weighted by molar-refractivity contribution is 0.0732. The van der Waals surface area contributed by atoms with E-state index in [0.29, 0.717) is 27.8 Å². The molecule has 1 aromatic rings. The summed E-state index contributed by atoms with van der Waals surface area (Å²) < 4.78 is 0. The van der Waals surface area contributed by atoms with Crippen LogP contribution in [0.1, 0.15) is 16.9 Å². The molecule has 0 aliphatic carbocycles. The summed E-state index contributed by atoms with van der Waals surface area (Å²) in [6.45, 7) is 2.73. The Morgan fingerprint density at radius 3 is 2.94 bits per heavy atom. The summed E-state index contributed by atoms with van der Waals surface area (Å²) in [5.74, 6) is 0.592. The molecule has 0 aromatic carbocycles. The highest BCUT2D eigenvalue weighted by atomic mass is 35.5. The molecule has 3 rings (SSSR count). The van der Waals surface area contributed by atoms with Crippen LogP contribution in [0.3, 0.4) is 0 Å². The first kappa shape index (κ1) is 11.4. The third-order valence-corrected chi connectivity index (χ3v) is 4.35. The second-order valence-electron chi connectivity index (χ2n) is 4.62. The van der Waals surface area contributed by atoms with Crippen molar-refractivity contribution in [3.8, 4) is 0 Å². The molecule has 0 bridgehead atoms. The van der Waals surface area contributed by atoms with Crippen molar-refractivity contribution in [2.24, 2.45) is 5.92 Å². The molecule has 0 spiro atoms. The highest BCUT2D eigenvalue weighted by Gasteiger charge is 2.40. The quantitative estimate of drug-likeness (QED) is 0.819. The molecule has 1 aromatic heterocycles. The number of hydrogen-bond donors (Lipinski definition) is 2. The molecule has 1 amide bonds. The summed E-state index contributed by atoms with van der Waals surface area (Å²) in [6.07, 6.45) is 1.07. The number of carbonyl (C=O) groups excluding carboxylic acids is 1. The fourth-order valence-electron chi connectivity index (χ4n) is 2.78. The maximum Gasteiger partial charge on any atom is 0.270 e. The number of carbonyl (C=O) groups is 1. The average Bonchev–Trinajstić information content (AvgIpc) is 2.94. The minimum Gasteiger partial charge on any atom is -0.340 e. The van der Waals surface area contributed by atoms with Gasteiger partial charge in [-0.25, -0.2) is 0 Å². The summed E-state index contributed by atoms with van der Waals surface area (Å²) in [4.78, 5) is 17.0. The number of amides is 1. The van der Waals surface area contributed by atoms with Gasteiger partial charge in [-0.1, -0.05) is 23.2 Å². The van der Waals surface area contributed by atoms with E-state index in [-0.39, 0.29) is 5.91 Å². The summed E-state index contributed by atoms with van der Waals surface area (Å²) in [7, 11) is 0. The van der Waals surface area contributed by atoms with Gasteiger partial charge in [-0.2, -0.15) is 0 Å². The highest BCUT2D eigenvalue weighted by Crippen LogP contribution is 2.30. The Morgan fingerprint density at radius 1 is 1.41 bits per heavy atom. The number of H-pyrrole nitrogens is 1. The molecule has 2 atom stereocenters. The molecule has 0 saturated carbocycles. The van der Waals surface area contributed by atoms with E-state index >= 15 is 0 Å². The van der Waals surface area contributed by atoms with Crippen molar-refractivity contribution in [2.45, 2.75) is 12.5 Å². The van der Waals surface area contributed by atoms with Crippen LogP contribution in [0, 0.1) is 5.92 Å². The SMILES string of the molecule is O=C(c1cc(Cl)c(Cl)[nH]1)N1CC[C@H]2CNC[C@H]21. The van der Waals surface area contributed by atoms with Crippen molar-refractivity contribution in [3.05, 3.63) is 21.9 Å². The minimum atomic E-state index is -0.00463. The zero-order valence-corrected chi connectivity index (χ0v) is 10.7. The third-order valence-electron chi connectivity index (χ3n) is 3.66. The topological polar surface area (TPSA) is 48.1 Å². The monoisotopic (exact) mass is 273 g/mol. The van der Waals surface area contributed by atoms with Crippen molar-refractivity contribution in [1.82, 2.24) is 15.2 Å². The minimum absolute atomic E-state index is 0.00463.